The van der Waals surface area contributed by atoms with Crippen LogP contribution in [-0.4, -0.2) is 30.7 Å². The van der Waals surface area contributed by atoms with Gasteiger partial charge in [0.1, 0.15) is 6.54 Å². The van der Waals surface area contributed by atoms with Crippen molar-refractivity contribution < 1.29 is 14.3 Å². The third kappa shape index (κ3) is 7.34. The average molecular weight is 292 g/mol. The minimum atomic E-state index is -0.435. The number of carbonyl (C=O) groups excluding carboxylic acids is 2. The Hall–Kier alpha value is -2.04. The van der Waals surface area contributed by atoms with E-state index in [2.05, 4.69) is 22.8 Å². The number of nitrogens with one attached hydrogen (secondary N) is 2. The number of esters is 1. The molecule has 0 radical (unpaired) electrons. The maximum atomic E-state index is 11.7. The highest BCUT2D eigenvalue weighted by Crippen LogP contribution is 2.13. The summed E-state index contributed by atoms with van der Waals surface area (Å²) in [6.07, 6.45) is 1.69. The Kier molecular flexibility index (Phi) is 6.72. The third-order valence-corrected chi connectivity index (χ3v) is 3.03. The predicted molar refractivity (Wildman–Crippen MR) is 82.0 cm³/mol. The van der Waals surface area contributed by atoms with E-state index < -0.39 is 5.97 Å². The second-order valence-electron chi connectivity index (χ2n) is 5.48. The lowest BCUT2D eigenvalue weighted by molar-refractivity contribution is -0.141. The van der Waals surface area contributed by atoms with Crippen molar-refractivity contribution >= 4 is 12.0 Å². The smallest absolute Gasteiger partial charge is 0.325 e. The van der Waals surface area contributed by atoms with Crippen LogP contribution in [0.1, 0.15) is 32.8 Å². The van der Waals surface area contributed by atoms with Crippen LogP contribution in [0.15, 0.2) is 30.3 Å². The summed E-state index contributed by atoms with van der Waals surface area (Å²) < 4.78 is 4.75. The van der Waals surface area contributed by atoms with Gasteiger partial charge in [-0.15, -0.1) is 0 Å². The molecule has 0 fully saturated rings. The monoisotopic (exact) mass is 292 g/mol. The molecule has 2 N–H and O–H groups in total. The molecule has 0 unspecified atom stereocenters. The Labute approximate surface area is 126 Å². The average Bonchev–Trinajstić information content (AvgIpc) is 2.44. The number of carbonyl (C=O) groups is 2. The molecule has 0 bridgehead atoms. The number of aryl methyl sites for hydroxylation is 1. The van der Waals surface area contributed by atoms with Gasteiger partial charge in [0.25, 0.3) is 0 Å². The highest BCUT2D eigenvalue weighted by Gasteiger charge is 2.20. The van der Waals surface area contributed by atoms with Gasteiger partial charge in [-0.2, -0.15) is 0 Å². The number of ether oxygens (including phenoxy) is 1. The summed E-state index contributed by atoms with van der Waals surface area (Å²) in [5, 5.41) is 5.36. The highest BCUT2D eigenvalue weighted by molar-refractivity contribution is 5.81. The Morgan fingerprint density at radius 2 is 1.86 bits per heavy atom. The molecular weight excluding hydrogens is 268 g/mol. The summed E-state index contributed by atoms with van der Waals surface area (Å²) in [7, 11) is 0. The third-order valence-electron chi connectivity index (χ3n) is 3.03. The van der Waals surface area contributed by atoms with E-state index in [0.29, 0.717) is 6.61 Å². The zero-order valence-corrected chi connectivity index (χ0v) is 12.9. The second-order valence-corrected chi connectivity index (χ2v) is 5.48. The van der Waals surface area contributed by atoms with Crippen LogP contribution in [-0.2, 0) is 16.0 Å². The van der Waals surface area contributed by atoms with Crippen molar-refractivity contribution in [3.63, 3.8) is 0 Å². The quantitative estimate of drug-likeness (QED) is 0.758. The van der Waals surface area contributed by atoms with Crippen LogP contribution >= 0.6 is 0 Å². The van der Waals surface area contributed by atoms with E-state index in [-0.39, 0.29) is 18.1 Å². The minimum absolute atomic E-state index is 0.117. The van der Waals surface area contributed by atoms with E-state index in [0.717, 1.165) is 12.8 Å². The van der Waals surface area contributed by atoms with Gasteiger partial charge in [0, 0.05) is 5.54 Å². The van der Waals surface area contributed by atoms with Gasteiger partial charge in [0.05, 0.1) is 6.61 Å². The molecule has 0 aliphatic rings. The molecule has 116 valence electrons. The zero-order chi connectivity index (χ0) is 15.7. The largest absolute Gasteiger partial charge is 0.465 e. The van der Waals surface area contributed by atoms with Crippen molar-refractivity contribution in [1.29, 1.82) is 0 Å². The molecule has 0 heterocycles. The molecule has 21 heavy (non-hydrogen) atoms. The molecule has 2 amide bonds. The highest BCUT2D eigenvalue weighted by atomic mass is 16.5. The number of amides is 2. The van der Waals surface area contributed by atoms with Crippen LogP contribution in [0.25, 0.3) is 0 Å². The van der Waals surface area contributed by atoms with Crippen molar-refractivity contribution in [1.82, 2.24) is 10.6 Å². The first-order valence-electron chi connectivity index (χ1n) is 7.18. The van der Waals surface area contributed by atoms with Gasteiger partial charge in [0.15, 0.2) is 0 Å². The summed E-state index contributed by atoms with van der Waals surface area (Å²) in [6.45, 7) is 5.84. The van der Waals surface area contributed by atoms with E-state index in [1.54, 1.807) is 6.92 Å². The molecule has 0 aliphatic carbocycles. The van der Waals surface area contributed by atoms with Crippen LogP contribution in [0.5, 0.6) is 0 Å². The first-order valence-corrected chi connectivity index (χ1v) is 7.18. The summed E-state index contributed by atoms with van der Waals surface area (Å²) >= 11 is 0. The molecule has 0 saturated heterocycles. The Morgan fingerprint density at radius 1 is 1.19 bits per heavy atom. The fourth-order valence-corrected chi connectivity index (χ4v) is 1.88. The van der Waals surface area contributed by atoms with Crippen LogP contribution in [0, 0.1) is 0 Å². The molecule has 0 spiro atoms. The molecule has 0 aromatic heterocycles. The maximum absolute atomic E-state index is 11.7. The van der Waals surface area contributed by atoms with Crippen LogP contribution in [0.3, 0.4) is 0 Å². The molecule has 5 heteroatoms. The normalized spacial score (nSPS) is 10.8. The fraction of sp³-hybridized carbons (Fsp3) is 0.500. The summed E-state index contributed by atoms with van der Waals surface area (Å²) in [4.78, 5) is 22.9. The molecule has 0 atom stereocenters. The van der Waals surface area contributed by atoms with Gasteiger partial charge in [-0.25, -0.2) is 4.79 Å². The van der Waals surface area contributed by atoms with Gasteiger partial charge in [-0.1, -0.05) is 30.3 Å². The minimum Gasteiger partial charge on any atom is -0.465 e. The van der Waals surface area contributed by atoms with Crippen LogP contribution in [0.2, 0.25) is 0 Å². The molecule has 1 aromatic carbocycles. The predicted octanol–water partition coefficient (Wildman–Crippen LogP) is 2.26. The molecule has 1 rings (SSSR count). The first kappa shape index (κ1) is 17.0. The molecule has 1 aromatic rings. The molecule has 0 saturated carbocycles. The molecular formula is C16H24N2O3. The number of rotatable bonds is 7. The van der Waals surface area contributed by atoms with Gasteiger partial charge in [-0.05, 0) is 39.2 Å². The Bertz CT molecular complexity index is 458. The second kappa shape index (κ2) is 8.29. The van der Waals surface area contributed by atoms with E-state index in [4.69, 9.17) is 4.74 Å². The van der Waals surface area contributed by atoms with Gasteiger partial charge in [0.2, 0.25) is 0 Å². The van der Waals surface area contributed by atoms with E-state index in [1.807, 2.05) is 32.0 Å². The first-order chi connectivity index (χ1) is 9.93. The molecule has 5 nitrogen and oxygen atoms in total. The van der Waals surface area contributed by atoms with Crippen molar-refractivity contribution in [3.8, 4) is 0 Å². The van der Waals surface area contributed by atoms with Crippen molar-refractivity contribution in [3.05, 3.63) is 35.9 Å². The Balaban J connectivity index is 2.34. The van der Waals surface area contributed by atoms with Gasteiger partial charge >= 0.3 is 12.0 Å². The van der Waals surface area contributed by atoms with Gasteiger partial charge in [-0.3, -0.25) is 4.79 Å². The molecule has 0 aliphatic heterocycles. The Morgan fingerprint density at radius 3 is 2.48 bits per heavy atom. The van der Waals surface area contributed by atoms with Crippen molar-refractivity contribution in [2.45, 2.75) is 39.2 Å². The standard InChI is InChI=1S/C16H24N2O3/c1-4-21-14(19)12-17-15(20)18-16(2,3)11-10-13-8-6-5-7-9-13/h5-9H,4,10-12H2,1-3H3,(H2,17,18,20). The lowest BCUT2D eigenvalue weighted by Crippen LogP contribution is -2.49. The van der Waals surface area contributed by atoms with Crippen LogP contribution in [0.4, 0.5) is 4.79 Å². The van der Waals surface area contributed by atoms with E-state index >= 15 is 0 Å². The number of hydrogen-bond acceptors (Lipinski definition) is 3. The SMILES string of the molecule is CCOC(=O)CNC(=O)NC(C)(C)CCc1ccccc1. The van der Waals surface area contributed by atoms with Crippen molar-refractivity contribution in [2.24, 2.45) is 0 Å². The summed E-state index contributed by atoms with van der Waals surface area (Å²) in [5.74, 6) is -0.435. The topological polar surface area (TPSA) is 67.4 Å². The lowest BCUT2D eigenvalue weighted by atomic mass is 9.95. The van der Waals surface area contributed by atoms with Crippen LogP contribution < -0.4 is 10.6 Å². The van der Waals surface area contributed by atoms with Crippen molar-refractivity contribution in [2.75, 3.05) is 13.2 Å². The van der Waals surface area contributed by atoms with E-state index in [1.165, 1.54) is 5.56 Å². The number of hydrogen-bond donors (Lipinski definition) is 2. The summed E-state index contributed by atoms with van der Waals surface area (Å²) in [5.41, 5.74) is 0.883. The zero-order valence-electron chi connectivity index (χ0n) is 12.9. The number of urea groups is 1. The fourth-order valence-electron chi connectivity index (χ4n) is 1.88. The maximum Gasteiger partial charge on any atom is 0.325 e. The lowest BCUT2D eigenvalue weighted by Gasteiger charge is -2.26. The van der Waals surface area contributed by atoms with E-state index in [9.17, 15) is 9.59 Å². The van der Waals surface area contributed by atoms with Gasteiger partial charge < -0.3 is 15.4 Å². The summed E-state index contributed by atoms with van der Waals surface area (Å²) in [6, 6.07) is 9.76. The number of benzene rings is 1.